The van der Waals surface area contributed by atoms with Crippen LogP contribution in [0.5, 0.6) is 0 Å². The van der Waals surface area contributed by atoms with Crippen molar-refractivity contribution in [2.45, 2.75) is 45.3 Å². The van der Waals surface area contributed by atoms with Gasteiger partial charge in [0, 0.05) is 6.42 Å². The van der Waals surface area contributed by atoms with Crippen molar-refractivity contribution in [2.75, 3.05) is 0 Å². The Morgan fingerprint density at radius 2 is 1.71 bits per heavy atom. The second-order valence-corrected chi connectivity index (χ2v) is 5.58. The van der Waals surface area contributed by atoms with E-state index in [1.807, 2.05) is 51.1 Å². The Bertz CT molecular complexity index is 377. The molecule has 1 rings (SSSR count). The van der Waals surface area contributed by atoms with Gasteiger partial charge in [-0.1, -0.05) is 30.3 Å². The van der Waals surface area contributed by atoms with Crippen LogP contribution in [0.3, 0.4) is 0 Å². The molecule has 0 aliphatic carbocycles. The lowest BCUT2D eigenvalue weighted by atomic mass is 9.94. The molecule has 0 aromatic heterocycles. The number of benzene rings is 1. The third-order valence-corrected chi connectivity index (χ3v) is 2.28. The average molecular weight is 235 g/mol. The molecule has 0 saturated carbocycles. The maximum Gasteiger partial charge on any atom is 0.326 e. The van der Waals surface area contributed by atoms with Crippen LogP contribution in [0, 0.1) is 0 Å². The lowest BCUT2D eigenvalue weighted by molar-refractivity contribution is -0.160. The van der Waals surface area contributed by atoms with Gasteiger partial charge in [-0.15, -0.1) is 0 Å². The van der Waals surface area contributed by atoms with Crippen LogP contribution in [0.2, 0.25) is 0 Å². The highest BCUT2D eigenvalue weighted by Gasteiger charge is 2.33. The van der Waals surface area contributed by atoms with E-state index in [-0.39, 0.29) is 5.97 Å². The van der Waals surface area contributed by atoms with Gasteiger partial charge in [-0.05, 0) is 33.3 Å². The first-order chi connectivity index (χ1) is 7.71. The van der Waals surface area contributed by atoms with E-state index < -0.39 is 11.1 Å². The standard InChI is InChI=1S/C14H21NO2/c1-13(2,3)17-12(16)14(4,15)10-11-8-6-5-7-9-11/h5-9H,10,15H2,1-4H3/t14-/m1/s1. The maximum absolute atomic E-state index is 11.9. The van der Waals surface area contributed by atoms with E-state index in [0.717, 1.165) is 5.56 Å². The van der Waals surface area contributed by atoms with E-state index in [2.05, 4.69) is 0 Å². The fourth-order valence-corrected chi connectivity index (χ4v) is 1.49. The zero-order chi connectivity index (χ0) is 13.1. The molecule has 0 fully saturated rings. The Morgan fingerprint density at radius 3 is 2.18 bits per heavy atom. The molecule has 1 atom stereocenters. The van der Waals surface area contributed by atoms with Gasteiger partial charge in [0.2, 0.25) is 0 Å². The number of hydrogen-bond donors (Lipinski definition) is 1. The largest absolute Gasteiger partial charge is 0.459 e. The van der Waals surface area contributed by atoms with Crippen molar-refractivity contribution in [3.63, 3.8) is 0 Å². The molecule has 0 aliphatic rings. The number of rotatable bonds is 3. The second kappa shape index (κ2) is 4.88. The highest BCUT2D eigenvalue weighted by atomic mass is 16.6. The zero-order valence-electron chi connectivity index (χ0n) is 11.0. The summed E-state index contributed by atoms with van der Waals surface area (Å²) in [7, 11) is 0. The summed E-state index contributed by atoms with van der Waals surface area (Å²) in [5, 5.41) is 0. The minimum Gasteiger partial charge on any atom is -0.459 e. The van der Waals surface area contributed by atoms with Gasteiger partial charge >= 0.3 is 5.97 Å². The van der Waals surface area contributed by atoms with Crippen LogP contribution in [0.4, 0.5) is 0 Å². The van der Waals surface area contributed by atoms with E-state index in [1.54, 1.807) is 6.92 Å². The SMILES string of the molecule is CC(C)(C)OC(=O)[C@](C)(N)Cc1ccccc1. The van der Waals surface area contributed by atoms with Gasteiger partial charge in [0.05, 0.1) is 0 Å². The van der Waals surface area contributed by atoms with Gasteiger partial charge < -0.3 is 10.5 Å². The molecule has 0 saturated heterocycles. The molecule has 0 heterocycles. The first-order valence-electron chi connectivity index (χ1n) is 5.77. The van der Waals surface area contributed by atoms with Gasteiger partial charge in [-0.3, -0.25) is 4.79 Å². The number of carbonyl (C=O) groups excluding carboxylic acids is 1. The van der Waals surface area contributed by atoms with Crippen molar-refractivity contribution >= 4 is 5.97 Å². The Kier molecular flexibility index (Phi) is 3.94. The molecule has 0 amide bonds. The van der Waals surface area contributed by atoms with E-state index in [9.17, 15) is 4.79 Å². The molecule has 2 N–H and O–H groups in total. The number of esters is 1. The van der Waals surface area contributed by atoms with Gasteiger partial charge in [0.15, 0.2) is 0 Å². The Hall–Kier alpha value is -1.35. The van der Waals surface area contributed by atoms with Crippen LogP contribution in [-0.4, -0.2) is 17.1 Å². The Balaban J connectivity index is 2.72. The maximum atomic E-state index is 11.9. The first-order valence-corrected chi connectivity index (χ1v) is 5.77. The number of nitrogens with two attached hydrogens (primary N) is 1. The van der Waals surface area contributed by atoms with E-state index in [0.29, 0.717) is 6.42 Å². The summed E-state index contributed by atoms with van der Waals surface area (Å²) in [4.78, 5) is 11.9. The molecule has 3 nitrogen and oxygen atoms in total. The number of hydrogen-bond acceptors (Lipinski definition) is 3. The molecular weight excluding hydrogens is 214 g/mol. The minimum atomic E-state index is -0.991. The molecule has 94 valence electrons. The van der Waals surface area contributed by atoms with Crippen LogP contribution < -0.4 is 5.73 Å². The topological polar surface area (TPSA) is 52.3 Å². The average Bonchev–Trinajstić information content (AvgIpc) is 2.15. The van der Waals surface area contributed by atoms with Crippen molar-refractivity contribution in [1.29, 1.82) is 0 Å². The fourth-order valence-electron chi connectivity index (χ4n) is 1.49. The van der Waals surface area contributed by atoms with Crippen molar-refractivity contribution < 1.29 is 9.53 Å². The van der Waals surface area contributed by atoms with E-state index >= 15 is 0 Å². The summed E-state index contributed by atoms with van der Waals surface area (Å²) in [6.07, 6.45) is 0.475. The molecule has 0 bridgehead atoms. The van der Waals surface area contributed by atoms with Gasteiger partial charge in [-0.2, -0.15) is 0 Å². The highest BCUT2D eigenvalue weighted by molar-refractivity contribution is 5.80. The van der Waals surface area contributed by atoms with E-state index in [1.165, 1.54) is 0 Å². The van der Waals surface area contributed by atoms with Gasteiger partial charge in [0.1, 0.15) is 11.1 Å². The fraction of sp³-hybridized carbons (Fsp3) is 0.500. The molecule has 0 spiro atoms. The summed E-state index contributed by atoms with van der Waals surface area (Å²) < 4.78 is 5.31. The van der Waals surface area contributed by atoms with Crippen LogP contribution in [-0.2, 0) is 16.0 Å². The van der Waals surface area contributed by atoms with Crippen molar-refractivity contribution in [2.24, 2.45) is 5.73 Å². The van der Waals surface area contributed by atoms with Crippen LogP contribution >= 0.6 is 0 Å². The summed E-state index contributed by atoms with van der Waals surface area (Å²) in [5.41, 5.74) is 5.56. The van der Waals surface area contributed by atoms with Gasteiger partial charge in [-0.25, -0.2) is 0 Å². The molecule has 3 heteroatoms. The van der Waals surface area contributed by atoms with E-state index in [4.69, 9.17) is 10.5 Å². The first kappa shape index (κ1) is 13.7. The number of ether oxygens (including phenoxy) is 1. The monoisotopic (exact) mass is 235 g/mol. The third-order valence-electron chi connectivity index (χ3n) is 2.28. The quantitative estimate of drug-likeness (QED) is 0.818. The van der Waals surface area contributed by atoms with Crippen molar-refractivity contribution in [1.82, 2.24) is 0 Å². The predicted molar refractivity (Wildman–Crippen MR) is 68.6 cm³/mol. The normalized spacial score (nSPS) is 15.1. The lowest BCUT2D eigenvalue weighted by Crippen LogP contribution is -2.50. The molecule has 0 unspecified atom stereocenters. The van der Waals surface area contributed by atoms with Crippen LogP contribution in [0.25, 0.3) is 0 Å². The van der Waals surface area contributed by atoms with Crippen molar-refractivity contribution in [3.05, 3.63) is 35.9 Å². The van der Waals surface area contributed by atoms with Crippen molar-refractivity contribution in [3.8, 4) is 0 Å². The second-order valence-electron chi connectivity index (χ2n) is 5.58. The summed E-state index contributed by atoms with van der Waals surface area (Å²) >= 11 is 0. The summed E-state index contributed by atoms with van der Waals surface area (Å²) in [6.45, 7) is 7.21. The molecule has 1 aromatic rings. The lowest BCUT2D eigenvalue weighted by Gasteiger charge is -2.28. The highest BCUT2D eigenvalue weighted by Crippen LogP contribution is 2.16. The smallest absolute Gasteiger partial charge is 0.326 e. The summed E-state index contributed by atoms with van der Waals surface area (Å²) in [6, 6.07) is 9.71. The third kappa shape index (κ3) is 4.57. The van der Waals surface area contributed by atoms with Gasteiger partial charge in [0.25, 0.3) is 0 Å². The number of carbonyl (C=O) groups is 1. The Morgan fingerprint density at radius 1 is 1.18 bits per heavy atom. The Labute approximate surface area is 103 Å². The summed E-state index contributed by atoms with van der Waals surface area (Å²) in [5.74, 6) is -0.367. The van der Waals surface area contributed by atoms with Crippen LogP contribution in [0.15, 0.2) is 30.3 Å². The molecule has 0 aliphatic heterocycles. The molecule has 0 radical (unpaired) electrons. The molecular formula is C14H21NO2. The predicted octanol–water partition coefficient (Wildman–Crippen LogP) is 2.29. The molecule has 17 heavy (non-hydrogen) atoms. The minimum absolute atomic E-state index is 0.367. The zero-order valence-corrected chi connectivity index (χ0v) is 11.0. The van der Waals surface area contributed by atoms with Crippen LogP contribution in [0.1, 0.15) is 33.3 Å². The molecule has 1 aromatic carbocycles.